The Kier molecular flexibility index (Phi) is 8.58. The van der Waals surface area contributed by atoms with Crippen LogP contribution in [0.5, 0.6) is 0 Å². The van der Waals surface area contributed by atoms with E-state index in [-0.39, 0.29) is 0 Å². The molecular formula is C11H21N2O4P. The summed E-state index contributed by atoms with van der Waals surface area (Å²) >= 11 is 0. The predicted molar refractivity (Wildman–Crippen MR) is 67.2 cm³/mol. The first-order valence-corrected chi connectivity index (χ1v) is 7.35. The molecule has 0 aliphatic rings. The van der Waals surface area contributed by atoms with Gasteiger partial charge in [0.1, 0.15) is 12.4 Å². The maximum atomic E-state index is 8.77. The predicted octanol–water partition coefficient (Wildman–Crippen LogP) is 0.896. The molecule has 0 aliphatic heterocycles. The van der Waals surface area contributed by atoms with E-state index in [0.29, 0.717) is 0 Å². The first kappa shape index (κ1) is 17.1. The minimum atomic E-state index is -4.89. The Bertz CT molecular complexity index is 378. The Labute approximate surface area is 107 Å². The van der Waals surface area contributed by atoms with Crippen LogP contribution in [0.1, 0.15) is 32.6 Å². The third kappa shape index (κ3) is 11.5. The molecule has 1 rings (SSSR count). The quantitative estimate of drug-likeness (QED) is 0.459. The molecule has 1 aromatic rings. The summed E-state index contributed by atoms with van der Waals surface area (Å²) in [5, 5.41) is 0. The average Bonchev–Trinajstić information content (AvgIpc) is 2.70. The van der Waals surface area contributed by atoms with Crippen molar-refractivity contribution >= 4 is 14.0 Å². The Morgan fingerprint density at radius 2 is 2.06 bits per heavy atom. The van der Waals surface area contributed by atoms with Gasteiger partial charge < -0.3 is 14.7 Å². The van der Waals surface area contributed by atoms with Crippen LogP contribution in [0.4, 0.5) is 0 Å². The summed E-state index contributed by atoms with van der Waals surface area (Å²) in [6, 6.07) is 0. The van der Waals surface area contributed by atoms with E-state index in [1.165, 1.54) is 25.7 Å². The second-order valence-electron chi connectivity index (χ2n) is 3.83. The van der Waals surface area contributed by atoms with Gasteiger partial charge in [0.2, 0.25) is 6.33 Å². The van der Waals surface area contributed by atoms with Gasteiger partial charge >= 0.3 is 0 Å². The van der Waals surface area contributed by atoms with Crippen molar-refractivity contribution in [1.82, 2.24) is 4.57 Å². The van der Waals surface area contributed by atoms with Gasteiger partial charge in [0.25, 0.3) is 7.82 Å². The molecule has 6 nitrogen and oxygen atoms in total. The molecule has 7 heteroatoms. The summed E-state index contributed by atoms with van der Waals surface area (Å²) in [5.41, 5.74) is 0. The first-order valence-electron chi connectivity index (χ1n) is 5.82. The molecule has 0 radical (unpaired) electrons. The molecule has 0 atom stereocenters. The van der Waals surface area contributed by atoms with Crippen LogP contribution in [0.15, 0.2) is 25.3 Å². The van der Waals surface area contributed by atoms with Crippen LogP contribution in [-0.2, 0) is 11.1 Å². The number of phosphoric acid groups is 1. The van der Waals surface area contributed by atoms with E-state index in [1.54, 1.807) is 0 Å². The van der Waals surface area contributed by atoms with Gasteiger partial charge in [-0.15, -0.1) is 0 Å². The molecule has 0 bridgehead atoms. The summed E-state index contributed by atoms with van der Waals surface area (Å²) in [5.74, 6) is 0. The third-order valence-electron chi connectivity index (χ3n) is 2.19. The lowest BCUT2D eigenvalue weighted by Gasteiger charge is -2.01. The standard InChI is InChI=1S/C11H19N2.H3O4P/c1-3-5-6-7-8-13-10-9-12(4-2)11-13;1-5(2,3)4/h4,9-11H,2-3,5-8H2,1H3;(H3,1,2,3,4)/q+1;/p-1. The molecule has 1 heterocycles. The Hall–Kier alpha value is -0.940. The van der Waals surface area contributed by atoms with Gasteiger partial charge in [0.15, 0.2) is 0 Å². The van der Waals surface area contributed by atoms with Crippen LogP contribution < -0.4 is 9.46 Å². The average molecular weight is 276 g/mol. The van der Waals surface area contributed by atoms with Crippen molar-refractivity contribution < 1.29 is 23.8 Å². The molecule has 0 unspecified atom stereocenters. The van der Waals surface area contributed by atoms with Crippen LogP contribution in [0.2, 0.25) is 0 Å². The second kappa shape index (κ2) is 9.05. The fourth-order valence-corrected chi connectivity index (χ4v) is 1.37. The molecule has 0 fully saturated rings. The molecule has 0 saturated carbocycles. The zero-order valence-electron chi connectivity index (χ0n) is 10.6. The molecule has 0 aliphatic carbocycles. The van der Waals surface area contributed by atoms with Gasteiger partial charge in [-0.05, 0) is 12.8 Å². The highest BCUT2D eigenvalue weighted by Crippen LogP contribution is 2.18. The summed E-state index contributed by atoms with van der Waals surface area (Å²) in [6.07, 6.45) is 13.3. The van der Waals surface area contributed by atoms with E-state index in [0.717, 1.165) is 6.54 Å². The minimum Gasteiger partial charge on any atom is -0.756 e. The Balaban J connectivity index is 0.000000494. The van der Waals surface area contributed by atoms with Crippen molar-refractivity contribution in [2.24, 2.45) is 0 Å². The van der Waals surface area contributed by atoms with Crippen molar-refractivity contribution in [2.45, 2.75) is 39.2 Å². The highest BCUT2D eigenvalue weighted by molar-refractivity contribution is 7.43. The van der Waals surface area contributed by atoms with Gasteiger partial charge in [-0.3, -0.25) is 4.57 Å². The van der Waals surface area contributed by atoms with Crippen molar-refractivity contribution in [3.63, 3.8) is 0 Å². The molecule has 0 amide bonds. The maximum Gasteiger partial charge on any atom is 0.262 e. The van der Waals surface area contributed by atoms with E-state index < -0.39 is 7.82 Å². The number of aryl methyl sites for hydroxylation is 1. The maximum absolute atomic E-state index is 8.77. The van der Waals surface area contributed by atoms with Crippen molar-refractivity contribution in [2.75, 3.05) is 0 Å². The number of aromatic nitrogens is 2. The fraction of sp³-hybridized carbons (Fsp3) is 0.545. The van der Waals surface area contributed by atoms with Crippen LogP contribution in [0.3, 0.4) is 0 Å². The zero-order chi connectivity index (χ0) is 14.0. The topological polar surface area (TPSA) is 89.4 Å². The normalized spacial score (nSPS) is 10.7. The molecule has 18 heavy (non-hydrogen) atoms. The van der Waals surface area contributed by atoms with E-state index in [9.17, 15) is 0 Å². The number of unbranched alkanes of at least 4 members (excludes halogenated alkanes) is 3. The van der Waals surface area contributed by atoms with E-state index in [1.807, 2.05) is 17.0 Å². The zero-order valence-corrected chi connectivity index (χ0v) is 11.5. The van der Waals surface area contributed by atoms with E-state index >= 15 is 0 Å². The van der Waals surface area contributed by atoms with Crippen LogP contribution in [0.25, 0.3) is 6.20 Å². The summed E-state index contributed by atoms with van der Waals surface area (Å²) in [7, 11) is -4.89. The Morgan fingerprint density at radius 3 is 2.50 bits per heavy atom. The lowest BCUT2D eigenvalue weighted by molar-refractivity contribution is -0.567. The first-order chi connectivity index (χ1) is 8.36. The van der Waals surface area contributed by atoms with Gasteiger partial charge in [0, 0.05) is 0 Å². The summed E-state index contributed by atoms with van der Waals surface area (Å²) < 4.78 is 12.9. The summed E-state index contributed by atoms with van der Waals surface area (Å²) in [6.45, 7) is 7.07. The number of hydrogen-bond acceptors (Lipinski definition) is 2. The largest absolute Gasteiger partial charge is 0.756 e. The Morgan fingerprint density at radius 1 is 1.44 bits per heavy atom. The second-order valence-corrected chi connectivity index (χ2v) is 4.81. The van der Waals surface area contributed by atoms with Gasteiger partial charge in [-0.2, -0.15) is 0 Å². The lowest BCUT2D eigenvalue weighted by Crippen LogP contribution is -2.21. The lowest BCUT2D eigenvalue weighted by atomic mass is 10.2. The van der Waals surface area contributed by atoms with E-state index in [4.69, 9.17) is 19.2 Å². The minimum absolute atomic E-state index is 1.13. The molecule has 0 spiro atoms. The number of rotatable bonds is 6. The highest BCUT2D eigenvalue weighted by atomic mass is 31.2. The van der Waals surface area contributed by atoms with Crippen LogP contribution in [-0.4, -0.2) is 14.4 Å². The molecule has 0 saturated heterocycles. The van der Waals surface area contributed by atoms with E-state index in [2.05, 4.69) is 30.6 Å². The molecule has 1 aromatic heterocycles. The highest BCUT2D eigenvalue weighted by Gasteiger charge is 1.99. The van der Waals surface area contributed by atoms with Gasteiger partial charge in [-0.25, -0.2) is 9.13 Å². The van der Waals surface area contributed by atoms with Crippen molar-refractivity contribution in [3.8, 4) is 0 Å². The number of imidazole rings is 1. The van der Waals surface area contributed by atoms with Crippen molar-refractivity contribution in [1.29, 1.82) is 0 Å². The molecule has 2 N–H and O–H groups in total. The van der Waals surface area contributed by atoms with Crippen LogP contribution in [0, 0.1) is 0 Å². The molecule has 104 valence electrons. The van der Waals surface area contributed by atoms with Gasteiger partial charge in [-0.1, -0.05) is 26.3 Å². The smallest absolute Gasteiger partial charge is 0.262 e. The number of hydrogen-bond donors (Lipinski definition) is 2. The number of nitrogens with zero attached hydrogens (tertiary/aromatic N) is 2. The van der Waals surface area contributed by atoms with Gasteiger partial charge in [0.05, 0.1) is 12.7 Å². The SMILES string of the molecule is C=C[n+]1ccn(CCCCCC)c1.O=P([O-])(O)O. The third-order valence-corrected chi connectivity index (χ3v) is 2.19. The van der Waals surface area contributed by atoms with Crippen LogP contribution >= 0.6 is 7.82 Å². The fourth-order valence-electron chi connectivity index (χ4n) is 1.37. The van der Waals surface area contributed by atoms with Crippen molar-refractivity contribution in [3.05, 3.63) is 25.3 Å². The molecule has 0 aromatic carbocycles. The molecular weight excluding hydrogens is 255 g/mol. The monoisotopic (exact) mass is 276 g/mol. The summed E-state index contributed by atoms with van der Waals surface area (Å²) in [4.78, 5) is 22.9.